The smallest absolute Gasteiger partial charge is 0.238 e. The Hall–Kier alpha value is -3.75. The highest BCUT2D eigenvalue weighted by Crippen LogP contribution is 2.44. The van der Waals surface area contributed by atoms with E-state index in [0.717, 1.165) is 18.2 Å². The Morgan fingerprint density at radius 2 is 1.60 bits per heavy atom. The molecule has 188 valence electrons. The van der Waals surface area contributed by atoms with Crippen molar-refractivity contribution in [2.75, 3.05) is 13.7 Å². The van der Waals surface area contributed by atoms with E-state index in [9.17, 15) is 45.6 Å². The second-order valence-electron chi connectivity index (χ2n) is 7.79. The molecular formula is C22H22O13. The van der Waals surface area contributed by atoms with Crippen molar-refractivity contribution in [2.24, 2.45) is 0 Å². The molecule has 2 heterocycles. The average Bonchev–Trinajstić information content (AvgIpc) is 2.82. The van der Waals surface area contributed by atoms with Crippen molar-refractivity contribution >= 4 is 11.0 Å². The van der Waals surface area contributed by atoms with Crippen molar-refractivity contribution in [1.29, 1.82) is 0 Å². The Balaban J connectivity index is 1.82. The molecule has 0 amide bonds. The fourth-order valence-electron chi connectivity index (χ4n) is 3.72. The summed E-state index contributed by atoms with van der Waals surface area (Å²) in [6, 6.07) is 4.21. The van der Waals surface area contributed by atoms with E-state index in [2.05, 4.69) is 0 Å². The number of aliphatic hydroxyl groups is 4. The number of hydrogen-bond acceptors (Lipinski definition) is 13. The maximum Gasteiger partial charge on any atom is 0.238 e. The zero-order valence-electron chi connectivity index (χ0n) is 18.0. The van der Waals surface area contributed by atoms with Gasteiger partial charge in [0.15, 0.2) is 17.3 Å². The van der Waals surface area contributed by atoms with Crippen LogP contribution < -0.4 is 14.9 Å². The summed E-state index contributed by atoms with van der Waals surface area (Å²) in [4.78, 5) is 12.7. The van der Waals surface area contributed by atoms with E-state index >= 15 is 0 Å². The first-order valence-electron chi connectivity index (χ1n) is 10.2. The molecule has 5 atom stereocenters. The Bertz CT molecular complexity index is 1320. The number of aromatic hydroxyl groups is 4. The van der Waals surface area contributed by atoms with Gasteiger partial charge in [0.25, 0.3) is 0 Å². The first-order chi connectivity index (χ1) is 16.6. The summed E-state index contributed by atoms with van der Waals surface area (Å²) >= 11 is 0. The van der Waals surface area contributed by atoms with E-state index in [1.807, 2.05) is 0 Å². The predicted octanol–water partition coefficient (Wildman–Crippen LogP) is -0.530. The molecule has 1 aromatic heterocycles. The summed E-state index contributed by atoms with van der Waals surface area (Å²) in [6.07, 6.45) is -8.13. The van der Waals surface area contributed by atoms with Crippen LogP contribution in [0.15, 0.2) is 33.5 Å². The Morgan fingerprint density at radius 1 is 0.914 bits per heavy atom. The van der Waals surface area contributed by atoms with Gasteiger partial charge in [-0.15, -0.1) is 0 Å². The lowest BCUT2D eigenvalue weighted by Crippen LogP contribution is -2.60. The van der Waals surface area contributed by atoms with Crippen LogP contribution in [-0.4, -0.2) is 85.3 Å². The quantitative estimate of drug-likeness (QED) is 0.224. The highest BCUT2D eigenvalue weighted by Gasteiger charge is 2.45. The van der Waals surface area contributed by atoms with Gasteiger partial charge in [0.2, 0.25) is 23.2 Å². The molecule has 0 spiro atoms. The lowest BCUT2D eigenvalue weighted by Gasteiger charge is -2.39. The summed E-state index contributed by atoms with van der Waals surface area (Å²) < 4.78 is 21.4. The van der Waals surface area contributed by atoms with Gasteiger partial charge in [-0.2, -0.15) is 0 Å². The monoisotopic (exact) mass is 494 g/mol. The molecule has 0 radical (unpaired) electrons. The third-order valence-corrected chi connectivity index (χ3v) is 5.55. The first kappa shape index (κ1) is 24.4. The minimum Gasteiger partial charge on any atom is -0.508 e. The number of benzene rings is 2. The van der Waals surface area contributed by atoms with Crippen molar-refractivity contribution in [3.8, 4) is 45.8 Å². The largest absolute Gasteiger partial charge is 0.508 e. The lowest BCUT2D eigenvalue weighted by molar-refractivity contribution is -0.277. The number of ether oxygens (including phenoxy) is 3. The molecule has 5 unspecified atom stereocenters. The molecule has 13 nitrogen and oxygen atoms in total. The van der Waals surface area contributed by atoms with Crippen molar-refractivity contribution in [1.82, 2.24) is 0 Å². The van der Waals surface area contributed by atoms with Gasteiger partial charge in [-0.3, -0.25) is 4.79 Å². The first-order valence-corrected chi connectivity index (χ1v) is 10.2. The number of methoxy groups -OCH3 is 1. The third kappa shape index (κ3) is 4.15. The summed E-state index contributed by atoms with van der Waals surface area (Å²) in [5, 5.41) is 79.8. The van der Waals surface area contributed by atoms with Crippen molar-refractivity contribution in [3.05, 3.63) is 34.5 Å². The summed E-state index contributed by atoms with van der Waals surface area (Å²) in [5.41, 5.74) is -1.34. The van der Waals surface area contributed by atoms with Gasteiger partial charge in [0.1, 0.15) is 46.9 Å². The Kier molecular flexibility index (Phi) is 6.36. The van der Waals surface area contributed by atoms with Crippen LogP contribution >= 0.6 is 0 Å². The molecule has 1 saturated heterocycles. The molecule has 2 aromatic carbocycles. The molecule has 35 heavy (non-hydrogen) atoms. The van der Waals surface area contributed by atoms with E-state index in [0.29, 0.717) is 0 Å². The van der Waals surface area contributed by atoms with E-state index < -0.39 is 77.2 Å². The van der Waals surface area contributed by atoms with Crippen LogP contribution in [0.5, 0.6) is 34.5 Å². The molecule has 0 saturated carbocycles. The van der Waals surface area contributed by atoms with E-state index in [4.69, 9.17) is 18.6 Å². The zero-order valence-corrected chi connectivity index (χ0v) is 18.0. The SMILES string of the molecule is COc1cc(-c2oc3cc(O)cc(O)c3c(=O)c2O)cc(OC2OC(CO)C(O)C(O)C2O)c1O. The van der Waals surface area contributed by atoms with Gasteiger partial charge in [0.05, 0.1) is 13.7 Å². The fourth-order valence-corrected chi connectivity index (χ4v) is 3.72. The maximum absolute atomic E-state index is 12.7. The van der Waals surface area contributed by atoms with Gasteiger partial charge in [-0.1, -0.05) is 0 Å². The average molecular weight is 494 g/mol. The molecule has 3 aromatic rings. The molecule has 1 aliphatic rings. The van der Waals surface area contributed by atoms with Crippen molar-refractivity contribution in [3.63, 3.8) is 0 Å². The van der Waals surface area contributed by atoms with Gasteiger partial charge in [-0.25, -0.2) is 0 Å². The third-order valence-electron chi connectivity index (χ3n) is 5.55. The molecular weight excluding hydrogens is 472 g/mol. The number of fused-ring (bicyclic) bond motifs is 1. The molecule has 4 rings (SSSR count). The van der Waals surface area contributed by atoms with Crippen LogP contribution in [0.4, 0.5) is 0 Å². The van der Waals surface area contributed by atoms with Crippen molar-refractivity contribution < 1.29 is 59.5 Å². The normalized spacial score (nSPS) is 24.4. The molecule has 0 bridgehead atoms. The van der Waals surface area contributed by atoms with Gasteiger partial charge in [-0.05, 0) is 12.1 Å². The van der Waals surface area contributed by atoms with Crippen LogP contribution in [0.2, 0.25) is 0 Å². The molecule has 1 aliphatic heterocycles. The fraction of sp³-hybridized carbons (Fsp3) is 0.318. The van der Waals surface area contributed by atoms with E-state index in [1.54, 1.807) is 0 Å². The summed E-state index contributed by atoms with van der Waals surface area (Å²) in [7, 11) is 1.20. The van der Waals surface area contributed by atoms with Gasteiger partial charge >= 0.3 is 0 Å². The second-order valence-corrected chi connectivity index (χ2v) is 7.79. The second kappa shape index (κ2) is 9.13. The standard InChI is InChI=1S/C22H22O13/c1-32-11-2-7(21-19(30)17(28)14-9(25)4-8(24)5-10(14)33-21)3-12(15(11)26)34-22-20(31)18(29)16(27)13(6-23)35-22/h2-5,13,16,18,20,22-27,29-31H,6H2,1H3. The van der Waals surface area contributed by atoms with Crippen LogP contribution in [-0.2, 0) is 4.74 Å². The number of hydrogen-bond donors (Lipinski definition) is 8. The number of phenolic OH excluding ortho intramolecular Hbond substituents is 3. The topological polar surface area (TPSA) is 220 Å². The minimum atomic E-state index is -1.79. The summed E-state index contributed by atoms with van der Waals surface area (Å²) in [6.45, 7) is -0.712. The Labute approximate surface area is 195 Å². The van der Waals surface area contributed by atoms with Crippen LogP contribution in [0, 0.1) is 0 Å². The number of aliphatic hydroxyl groups excluding tert-OH is 4. The highest BCUT2D eigenvalue weighted by molar-refractivity contribution is 5.88. The van der Waals surface area contributed by atoms with Crippen molar-refractivity contribution in [2.45, 2.75) is 30.7 Å². The molecule has 13 heteroatoms. The van der Waals surface area contributed by atoms with Crippen LogP contribution in [0.25, 0.3) is 22.3 Å². The van der Waals surface area contributed by atoms with Gasteiger partial charge < -0.3 is 59.5 Å². The molecule has 1 fully saturated rings. The van der Waals surface area contributed by atoms with E-state index in [-0.39, 0.29) is 22.3 Å². The molecule has 8 N–H and O–H groups in total. The Morgan fingerprint density at radius 3 is 2.26 bits per heavy atom. The minimum absolute atomic E-state index is 0.0708. The van der Waals surface area contributed by atoms with Crippen LogP contribution in [0.3, 0.4) is 0 Å². The highest BCUT2D eigenvalue weighted by atomic mass is 16.7. The molecule has 0 aliphatic carbocycles. The maximum atomic E-state index is 12.7. The summed E-state index contributed by atoms with van der Waals surface area (Å²) in [5.74, 6) is -3.61. The van der Waals surface area contributed by atoms with Crippen LogP contribution in [0.1, 0.15) is 0 Å². The lowest BCUT2D eigenvalue weighted by atomic mass is 9.99. The number of rotatable bonds is 5. The van der Waals surface area contributed by atoms with E-state index in [1.165, 1.54) is 13.2 Å². The predicted molar refractivity (Wildman–Crippen MR) is 116 cm³/mol. The van der Waals surface area contributed by atoms with Gasteiger partial charge in [0, 0.05) is 17.7 Å². The zero-order chi connectivity index (χ0) is 25.6. The number of phenols is 3.